The van der Waals surface area contributed by atoms with Gasteiger partial charge in [-0.3, -0.25) is 14.5 Å². The van der Waals surface area contributed by atoms with Crippen LogP contribution >= 0.6 is 0 Å². The molecular formula is C23H29N3O4S. The molecule has 3 rings (SSSR count). The third-order valence-corrected chi connectivity index (χ3v) is 7.32. The van der Waals surface area contributed by atoms with Crippen LogP contribution in [0, 0.1) is 13.8 Å². The number of hydrogen-bond acceptors (Lipinski definition) is 5. The number of benzene rings is 2. The maximum atomic E-state index is 13.1. The van der Waals surface area contributed by atoms with E-state index in [1.807, 2.05) is 50.2 Å². The number of hydrogen-bond donors (Lipinski definition) is 1. The maximum absolute atomic E-state index is 13.1. The number of nitrogens with zero attached hydrogens (tertiary/aromatic N) is 2. The molecule has 0 radical (unpaired) electrons. The number of likely N-dealkylation sites (N-methyl/N-ethyl adjacent to an activating group) is 1. The lowest BCUT2D eigenvalue weighted by Crippen LogP contribution is -2.47. The molecule has 0 aliphatic carbocycles. The Morgan fingerprint density at radius 3 is 2.39 bits per heavy atom. The van der Waals surface area contributed by atoms with Crippen LogP contribution in [-0.4, -0.2) is 62.8 Å². The second-order valence-corrected chi connectivity index (χ2v) is 10.4. The molecule has 7 nitrogen and oxygen atoms in total. The second kappa shape index (κ2) is 9.62. The fourth-order valence-corrected chi connectivity index (χ4v) is 5.51. The minimum atomic E-state index is -3.14. The first-order chi connectivity index (χ1) is 14.7. The van der Waals surface area contributed by atoms with Gasteiger partial charge >= 0.3 is 0 Å². The molecule has 2 amide bonds. The lowest BCUT2D eigenvalue weighted by atomic mass is 10.1. The van der Waals surface area contributed by atoms with Crippen LogP contribution in [0.4, 0.5) is 11.4 Å². The lowest BCUT2D eigenvalue weighted by Gasteiger charge is -2.30. The second-order valence-electron chi connectivity index (χ2n) is 8.12. The van der Waals surface area contributed by atoms with E-state index >= 15 is 0 Å². The van der Waals surface area contributed by atoms with Crippen LogP contribution in [0.2, 0.25) is 0 Å². The summed E-state index contributed by atoms with van der Waals surface area (Å²) in [6, 6.07) is 14.4. The first-order valence-electron chi connectivity index (χ1n) is 10.3. The van der Waals surface area contributed by atoms with Crippen molar-refractivity contribution in [3.8, 4) is 0 Å². The predicted molar refractivity (Wildman–Crippen MR) is 123 cm³/mol. The number of sulfone groups is 1. The Labute approximate surface area is 184 Å². The van der Waals surface area contributed by atoms with Crippen molar-refractivity contribution in [3.63, 3.8) is 0 Å². The van der Waals surface area contributed by atoms with Crippen molar-refractivity contribution in [2.24, 2.45) is 0 Å². The van der Waals surface area contributed by atoms with Gasteiger partial charge in [0, 0.05) is 11.4 Å². The summed E-state index contributed by atoms with van der Waals surface area (Å²) in [6.45, 7) is 3.99. The number of amides is 2. The van der Waals surface area contributed by atoms with Crippen LogP contribution in [0.5, 0.6) is 0 Å². The molecule has 1 aliphatic heterocycles. The van der Waals surface area contributed by atoms with E-state index in [0.717, 1.165) is 16.8 Å². The predicted octanol–water partition coefficient (Wildman–Crippen LogP) is 2.39. The Balaban J connectivity index is 1.66. The summed E-state index contributed by atoms with van der Waals surface area (Å²) in [7, 11) is -1.44. The quantitative estimate of drug-likeness (QED) is 0.710. The molecule has 1 unspecified atom stereocenters. The number of nitrogens with one attached hydrogen (secondary N) is 1. The molecule has 1 saturated heterocycles. The highest BCUT2D eigenvalue weighted by Gasteiger charge is 2.35. The van der Waals surface area contributed by atoms with Gasteiger partial charge < -0.3 is 10.2 Å². The summed E-state index contributed by atoms with van der Waals surface area (Å²) in [5.74, 6) is -0.388. The van der Waals surface area contributed by atoms with Crippen molar-refractivity contribution < 1.29 is 18.0 Å². The van der Waals surface area contributed by atoms with Gasteiger partial charge in [0.2, 0.25) is 11.8 Å². The van der Waals surface area contributed by atoms with Crippen molar-refractivity contribution in [3.05, 3.63) is 59.7 Å². The molecule has 2 aromatic carbocycles. The molecule has 1 aliphatic rings. The van der Waals surface area contributed by atoms with E-state index in [2.05, 4.69) is 5.32 Å². The molecule has 166 valence electrons. The zero-order valence-corrected chi connectivity index (χ0v) is 19.0. The summed E-state index contributed by atoms with van der Waals surface area (Å²) in [5, 5.41) is 2.90. The molecule has 31 heavy (non-hydrogen) atoms. The fraction of sp³-hybridized carbons (Fsp3) is 0.391. The summed E-state index contributed by atoms with van der Waals surface area (Å²) in [5.41, 5.74) is 3.52. The van der Waals surface area contributed by atoms with Gasteiger partial charge in [-0.25, -0.2) is 8.42 Å². The lowest BCUT2D eigenvalue weighted by molar-refractivity contribution is -0.121. The molecule has 0 spiro atoms. The molecule has 1 heterocycles. The summed E-state index contributed by atoms with van der Waals surface area (Å²) < 4.78 is 24.0. The van der Waals surface area contributed by atoms with Crippen molar-refractivity contribution in [2.45, 2.75) is 26.3 Å². The number of anilines is 2. The first kappa shape index (κ1) is 23.0. The number of para-hydroxylation sites is 1. The average molecular weight is 444 g/mol. The molecular weight excluding hydrogens is 414 g/mol. The molecule has 8 heteroatoms. The van der Waals surface area contributed by atoms with E-state index in [9.17, 15) is 18.0 Å². The summed E-state index contributed by atoms with van der Waals surface area (Å²) in [6.07, 6.45) is 0.416. The normalized spacial score (nSPS) is 17.5. The van der Waals surface area contributed by atoms with Crippen LogP contribution in [0.15, 0.2) is 48.5 Å². The Hall–Kier alpha value is -2.71. The monoisotopic (exact) mass is 443 g/mol. The Morgan fingerprint density at radius 1 is 1.03 bits per heavy atom. The number of aryl methyl sites for hydroxylation is 1. The Bertz CT molecular complexity index is 1050. The van der Waals surface area contributed by atoms with Crippen LogP contribution in [-0.2, 0) is 19.4 Å². The Kier molecular flexibility index (Phi) is 7.12. The highest BCUT2D eigenvalue weighted by Crippen LogP contribution is 2.25. The zero-order chi connectivity index (χ0) is 22.6. The van der Waals surface area contributed by atoms with Crippen molar-refractivity contribution >= 4 is 33.0 Å². The van der Waals surface area contributed by atoms with Gasteiger partial charge in [0.1, 0.15) is 0 Å². The van der Waals surface area contributed by atoms with E-state index in [0.29, 0.717) is 12.1 Å². The van der Waals surface area contributed by atoms with Crippen LogP contribution in [0.1, 0.15) is 17.5 Å². The zero-order valence-electron chi connectivity index (χ0n) is 18.2. The molecule has 1 N–H and O–H groups in total. The minimum absolute atomic E-state index is 0.00562. The average Bonchev–Trinajstić information content (AvgIpc) is 3.05. The first-order valence-corrected chi connectivity index (χ1v) is 12.1. The van der Waals surface area contributed by atoms with E-state index in [4.69, 9.17) is 0 Å². The standard InChI is InChI=1S/C23H29N3O4S/c1-17-8-7-11-21(18(17)2)24-22(27)14-25(3)15-23(28)26(19-9-5-4-6-10-19)20-12-13-31(29,30)16-20/h4-11,20H,12-16H2,1-3H3,(H,24,27). The smallest absolute Gasteiger partial charge is 0.241 e. The van der Waals surface area contributed by atoms with E-state index in [1.54, 1.807) is 29.0 Å². The highest BCUT2D eigenvalue weighted by molar-refractivity contribution is 7.91. The van der Waals surface area contributed by atoms with Gasteiger partial charge in [0.25, 0.3) is 0 Å². The van der Waals surface area contributed by atoms with Crippen molar-refractivity contribution in [2.75, 3.05) is 41.9 Å². The maximum Gasteiger partial charge on any atom is 0.241 e. The van der Waals surface area contributed by atoms with Gasteiger partial charge in [-0.2, -0.15) is 0 Å². The van der Waals surface area contributed by atoms with Crippen LogP contribution in [0.25, 0.3) is 0 Å². The van der Waals surface area contributed by atoms with Gasteiger partial charge in [-0.1, -0.05) is 30.3 Å². The Morgan fingerprint density at radius 2 is 1.74 bits per heavy atom. The minimum Gasteiger partial charge on any atom is -0.325 e. The molecule has 1 atom stereocenters. The van der Waals surface area contributed by atoms with E-state index < -0.39 is 15.9 Å². The van der Waals surface area contributed by atoms with Gasteiger partial charge in [-0.15, -0.1) is 0 Å². The van der Waals surface area contributed by atoms with E-state index in [-0.39, 0.29) is 36.4 Å². The van der Waals surface area contributed by atoms with Gasteiger partial charge in [0.15, 0.2) is 9.84 Å². The summed E-state index contributed by atoms with van der Waals surface area (Å²) in [4.78, 5) is 28.9. The van der Waals surface area contributed by atoms with Crippen LogP contribution in [0.3, 0.4) is 0 Å². The topological polar surface area (TPSA) is 86.8 Å². The fourth-order valence-electron chi connectivity index (χ4n) is 3.81. The van der Waals surface area contributed by atoms with Crippen molar-refractivity contribution in [1.82, 2.24) is 4.90 Å². The van der Waals surface area contributed by atoms with E-state index in [1.165, 1.54) is 0 Å². The molecule has 0 aromatic heterocycles. The molecule has 1 fully saturated rings. The van der Waals surface area contributed by atoms with Crippen molar-refractivity contribution in [1.29, 1.82) is 0 Å². The van der Waals surface area contributed by atoms with Gasteiger partial charge in [-0.05, 0) is 56.6 Å². The molecule has 0 bridgehead atoms. The number of carbonyl (C=O) groups is 2. The summed E-state index contributed by atoms with van der Waals surface area (Å²) >= 11 is 0. The molecule has 2 aromatic rings. The SMILES string of the molecule is Cc1cccc(NC(=O)CN(C)CC(=O)N(c2ccccc2)C2CCS(=O)(=O)C2)c1C. The third kappa shape index (κ3) is 5.92. The number of carbonyl (C=O) groups excluding carboxylic acids is 2. The van der Waals surface area contributed by atoms with Gasteiger partial charge in [0.05, 0.1) is 30.6 Å². The number of rotatable bonds is 7. The largest absolute Gasteiger partial charge is 0.325 e. The third-order valence-electron chi connectivity index (χ3n) is 5.57. The van der Waals surface area contributed by atoms with Crippen LogP contribution < -0.4 is 10.2 Å². The highest BCUT2D eigenvalue weighted by atomic mass is 32.2. The molecule has 0 saturated carbocycles.